The highest BCUT2D eigenvalue weighted by Crippen LogP contribution is 2.37. The van der Waals surface area contributed by atoms with Gasteiger partial charge < -0.3 is 10.6 Å². The Morgan fingerprint density at radius 2 is 2.16 bits per heavy atom. The number of hydrogen-bond acceptors (Lipinski definition) is 2. The first-order chi connectivity index (χ1) is 9.06. The molecule has 1 saturated carbocycles. The smallest absolute Gasteiger partial charge is 0.226 e. The SMILES string of the molecule is C[C@H]1C[C@H]1C(=O)NCCC(=O)Nc1cccc(Br)c1. The summed E-state index contributed by atoms with van der Waals surface area (Å²) in [4.78, 5) is 23.2. The second kappa shape index (κ2) is 6.19. The van der Waals surface area contributed by atoms with Crippen molar-refractivity contribution in [1.29, 1.82) is 0 Å². The second-order valence-electron chi connectivity index (χ2n) is 4.92. The van der Waals surface area contributed by atoms with Gasteiger partial charge in [-0.2, -0.15) is 0 Å². The zero-order chi connectivity index (χ0) is 13.8. The Labute approximate surface area is 121 Å². The van der Waals surface area contributed by atoms with E-state index in [2.05, 4.69) is 33.5 Å². The van der Waals surface area contributed by atoms with Crippen LogP contribution in [0.1, 0.15) is 19.8 Å². The lowest BCUT2D eigenvalue weighted by atomic mass is 10.3. The molecule has 0 aromatic heterocycles. The van der Waals surface area contributed by atoms with Crippen molar-refractivity contribution in [1.82, 2.24) is 5.32 Å². The van der Waals surface area contributed by atoms with Crippen LogP contribution in [-0.2, 0) is 9.59 Å². The number of amides is 2. The average Bonchev–Trinajstić information content (AvgIpc) is 3.06. The summed E-state index contributed by atoms with van der Waals surface area (Å²) in [5.74, 6) is 0.633. The van der Waals surface area contributed by atoms with Crippen LogP contribution in [0.5, 0.6) is 0 Å². The summed E-state index contributed by atoms with van der Waals surface area (Å²) in [6.45, 7) is 2.45. The van der Waals surface area contributed by atoms with Gasteiger partial charge in [0, 0.05) is 29.0 Å². The van der Waals surface area contributed by atoms with Crippen molar-refractivity contribution in [2.24, 2.45) is 11.8 Å². The molecule has 1 aliphatic carbocycles. The van der Waals surface area contributed by atoms with Crippen molar-refractivity contribution in [2.75, 3.05) is 11.9 Å². The predicted octanol–water partition coefficient (Wildman–Crippen LogP) is 2.55. The summed E-state index contributed by atoms with van der Waals surface area (Å²) in [6.07, 6.45) is 1.26. The van der Waals surface area contributed by atoms with Crippen molar-refractivity contribution >= 4 is 33.4 Å². The van der Waals surface area contributed by atoms with E-state index in [1.807, 2.05) is 24.3 Å². The van der Waals surface area contributed by atoms with E-state index in [0.717, 1.165) is 16.6 Å². The number of halogens is 1. The van der Waals surface area contributed by atoms with E-state index in [4.69, 9.17) is 0 Å². The molecule has 0 saturated heterocycles. The fourth-order valence-corrected chi connectivity index (χ4v) is 2.31. The van der Waals surface area contributed by atoms with Crippen molar-refractivity contribution < 1.29 is 9.59 Å². The predicted molar refractivity (Wildman–Crippen MR) is 77.7 cm³/mol. The molecule has 102 valence electrons. The number of anilines is 1. The fourth-order valence-electron chi connectivity index (χ4n) is 1.91. The normalized spacial score (nSPS) is 20.7. The van der Waals surface area contributed by atoms with Gasteiger partial charge in [-0.1, -0.05) is 28.9 Å². The lowest BCUT2D eigenvalue weighted by Gasteiger charge is -2.06. The third-order valence-electron chi connectivity index (χ3n) is 3.21. The molecule has 0 heterocycles. The van der Waals surface area contributed by atoms with E-state index in [-0.39, 0.29) is 17.7 Å². The zero-order valence-corrected chi connectivity index (χ0v) is 12.4. The van der Waals surface area contributed by atoms with Crippen LogP contribution in [0, 0.1) is 11.8 Å². The Morgan fingerprint density at radius 1 is 1.42 bits per heavy atom. The van der Waals surface area contributed by atoms with Gasteiger partial charge in [0.05, 0.1) is 0 Å². The van der Waals surface area contributed by atoms with Crippen molar-refractivity contribution in [2.45, 2.75) is 19.8 Å². The third-order valence-corrected chi connectivity index (χ3v) is 3.70. The minimum Gasteiger partial charge on any atom is -0.355 e. The van der Waals surface area contributed by atoms with Crippen LogP contribution >= 0.6 is 15.9 Å². The summed E-state index contributed by atoms with van der Waals surface area (Å²) in [5.41, 5.74) is 0.751. The first kappa shape index (κ1) is 14.1. The van der Waals surface area contributed by atoms with Crippen molar-refractivity contribution in [3.05, 3.63) is 28.7 Å². The third kappa shape index (κ3) is 4.35. The Hall–Kier alpha value is -1.36. The maximum absolute atomic E-state index is 11.7. The van der Waals surface area contributed by atoms with Crippen molar-refractivity contribution in [3.63, 3.8) is 0 Å². The maximum Gasteiger partial charge on any atom is 0.226 e. The molecule has 2 amide bonds. The average molecular weight is 325 g/mol. The molecular formula is C14H17BrN2O2. The van der Waals surface area contributed by atoms with Gasteiger partial charge in [0.1, 0.15) is 0 Å². The van der Waals surface area contributed by atoms with Gasteiger partial charge in [-0.25, -0.2) is 0 Å². The monoisotopic (exact) mass is 324 g/mol. The van der Waals surface area contributed by atoms with Crippen LogP contribution in [0.15, 0.2) is 28.7 Å². The zero-order valence-electron chi connectivity index (χ0n) is 10.8. The second-order valence-corrected chi connectivity index (χ2v) is 5.83. The molecule has 4 nitrogen and oxygen atoms in total. The Kier molecular flexibility index (Phi) is 4.58. The minimum absolute atomic E-state index is 0.0720. The first-order valence-electron chi connectivity index (χ1n) is 6.39. The summed E-state index contributed by atoms with van der Waals surface area (Å²) in [5, 5.41) is 5.58. The molecule has 5 heteroatoms. The fraction of sp³-hybridized carbons (Fsp3) is 0.429. The summed E-state index contributed by atoms with van der Waals surface area (Å²) < 4.78 is 0.918. The minimum atomic E-state index is -0.0951. The van der Waals surface area contributed by atoms with Crippen LogP contribution in [0.25, 0.3) is 0 Å². The quantitative estimate of drug-likeness (QED) is 0.874. The molecule has 1 aromatic carbocycles. The van der Waals surface area contributed by atoms with Gasteiger partial charge in [0.15, 0.2) is 0 Å². The van der Waals surface area contributed by atoms with E-state index in [1.54, 1.807) is 0 Å². The van der Waals surface area contributed by atoms with Gasteiger partial charge in [0.25, 0.3) is 0 Å². The Bertz CT molecular complexity index is 490. The van der Waals surface area contributed by atoms with Gasteiger partial charge in [0.2, 0.25) is 11.8 Å². The highest BCUT2D eigenvalue weighted by atomic mass is 79.9. The van der Waals surface area contributed by atoms with E-state index >= 15 is 0 Å². The van der Waals surface area contributed by atoms with Crippen LogP contribution in [-0.4, -0.2) is 18.4 Å². The molecule has 1 fully saturated rings. The standard InChI is InChI=1S/C14H17BrN2O2/c1-9-7-12(9)14(19)16-6-5-13(18)17-11-4-2-3-10(15)8-11/h2-4,8-9,12H,5-7H2,1H3,(H,16,19)(H,17,18)/t9-,12+/m0/s1. The number of benzene rings is 1. The van der Waals surface area contributed by atoms with E-state index in [1.165, 1.54) is 0 Å². The van der Waals surface area contributed by atoms with E-state index in [0.29, 0.717) is 18.9 Å². The topological polar surface area (TPSA) is 58.2 Å². The molecule has 2 atom stereocenters. The molecule has 0 aliphatic heterocycles. The van der Waals surface area contributed by atoms with Gasteiger partial charge in [-0.3, -0.25) is 9.59 Å². The highest BCUT2D eigenvalue weighted by Gasteiger charge is 2.38. The summed E-state index contributed by atoms with van der Waals surface area (Å²) >= 11 is 3.34. The number of nitrogens with one attached hydrogen (secondary N) is 2. The van der Waals surface area contributed by atoms with Gasteiger partial charge in [-0.15, -0.1) is 0 Å². The number of rotatable bonds is 5. The molecule has 2 N–H and O–H groups in total. The van der Waals surface area contributed by atoms with Crippen LogP contribution in [0.4, 0.5) is 5.69 Å². The molecular weight excluding hydrogens is 308 g/mol. The van der Waals surface area contributed by atoms with Gasteiger partial charge in [-0.05, 0) is 30.5 Å². The van der Waals surface area contributed by atoms with E-state index < -0.39 is 0 Å². The maximum atomic E-state index is 11.7. The highest BCUT2D eigenvalue weighted by molar-refractivity contribution is 9.10. The van der Waals surface area contributed by atoms with Crippen LogP contribution in [0.3, 0.4) is 0 Å². The van der Waals surface area contributed by atoms with Crippen LogP contribution in [0.2, 0.25) is 0 Å². The lowest BCUT2D eigenvalue weighted by Crippen LogP contribution is -2.29. The largest absolute Gasteiger partial charge is 0.355 e. The molecule has 1 aromatic rings. The number of carbonyl (C=O) groups excluding carboxylic acids is 2. The van der Waals surface area contributed by atoms with Crippen molar-refractivity contribution in [3.8, 4) is 0 Å². The lowest BCUT2D eigenvalue weighted by molar-refractivity contribution is -0.122. The van der Waals surface area contributed by atoms with E-state index in [9.17, 15) is 9.59 Å². The molecule has 1 aliphatic rings. The summed E-state index contributed by atoms with van der Waals surface area (Å²) in [6, 6.07) is 7.41. The molecule has 0 radical (unpaired) electrons. The molecule has 0 bridgehead atoms. The number of carbonyl (C=O) groups is 2. The van der Waals surface area contributed by atoms with Crippen LogP contribution < -0.4 is 10.6 Å². The molecule has 0 spiro atoms. The first-order valence-corrected chi connectivity index (χ1v) is 7.18. The molecule has 19 heavy (non-hydrogen) atoms. The number of hydrogen-bond donors (Lipinski definition) is 2. The molecule has 2 rings (SSSR count). The summed E-state index contributed by atoms with van der Waals surface area (Å²) in [7, 11) is 0. The van der Waals surface area contributed by atoms with Gasteiger partial charge >= 0.3 is 0 Å². The molecule has 0 unspecified atom stereocenters. The Balaban J connectivity index is 1.68. The Morgan fingerprint density at radius 3 is 2.79 bits per heavy atom.